The van der Waals surface area contributed by atoms with Crippen molar-refractivity contribution in [3.8, 4) is 5.75 Å². The van der Waals surface area contributed by atoms with Crippen LogP contribution < -0.4 is 4.74 Å². The van der Waals surface area contributed by atoms with Crippen molar-refractivity contribution in [2.75, 3.05) is 7.11 Å². The Morgan fingerprint density at radius 3 is 2.85 bits per heavy atom. The van der Waals surface area contributed by atoms with Crippen LogP contribution in [0.2, 0.25) is 0 Å². The summed E-state index contributed by atoms with van der Waals surface area (Å²) in [6.07, 6.45) is 0. The Kier molecular flexibility index (Phi) is 2.19. The minimum atomic E-state index is 0.936. The van der Waals surface area contributed by atoms with Crippen molar-refractivity contribution in [3.05, 3.63) is 27.5 Å². The quantitative estimate of drug-likeness (QED) is 0.801. The standard InChI is InChI=1S/C10H10INO/c1-6-8(13-2)4-3-7-5-9(11)12-10(6)7/h3-5,12H,1-2H3. The zero-order chi connectivity index (χ0) is 9.42. The van der Waals surface area contributed by atoms with Gasteiger partial charge >= 0.3 is 0 Å². The van der Waals surface area contributed by atoms with Crippen LogP contribution in [0.25, 0.3) is 10.9 Å². The molecule has 0 unspecified atom stereocenters. The van der Waals surface area contributed by atoms with Crippen molar-refractivity contribution >= 4 is 33.5 Å². The van der Waals surface area contributed by atoms with Gasteiger partial charge in [0.15, 0.2) is 0 Å². The van der Waals surface area contributed by atoms with E-state index in [4.69, 9.17) is 4.74 Å². The zero-order valence-electron chi connectivity index (χ0n) is 7.52. The first-order chi connectivity index (χ1) is 6.22. The number of fused-ring (bicyclic) bond motifs is 1. The number of hydrogen-bond donors (Lipinski definition) is 1. The molecule has 0 radical (unpaired) electrons. The van der Waals surface area contributed by atoms with Crippen LogP contribution in [0.3, 0.4) is 0 Å². The Bertz CT molecular complexity index is 447. The molecule has 0 amide bonds. The molecular formula is C10H10INO. The van der Waals surface area contributed by atoms with Crippen LogP contribution in [0.5, 0.6) is 5.75 Å². The Hall–Kier alpha value is -0.710. The number of ether oxygens (including phenoxy) is 1. The van der Waals surface area contributed by atoms with Gasteiger partial charge in [0.05, 0.1) is 16.3 Å². The third kappa shape index (κ3) is 1.41. The van der Waals surface area contributed by atoms with Gasteiger partial charge in [-0.25, -0.2) is 0 Å². The third-order valence-corrected chi connectivity index (χ3v) is 2.78. The molecule has 0 saturated carbocycles. The molecule has 2 rings (SSSR count). The average molecular weight is 287 g/mol. The van der Waals surface area contributed by atoms with E-state index in [1.807, 2.05) is 6.07 Å². The number of aryl methyl sites for hydroxylation is 1. The van der Waals surface area contributed by atoms with E-state index in [0.717, 1.165) is 9.45 Å². The fourth-order valence-electron chi connectivity index (χ4n) is 1.51. The van der Waals surface area contributed by atoms with E-state index < -0.39 is 0 Å². The Morgan fingerprint density at radius 2 is 2.15 bits per heavy atom. The molecule has 2 nitrogen and oxygen atoms in total. The minimum Gasteiger partial charge on any atom is -0.496 e. The number of aromatic nitrogens is 1. The molecule has 1 aromatic carbocycles. The van der Waals surface area contributed by atoms with Crippen molar-refractivity contribution < 1.29 is 4.74 Å². The summed E-state index contributed by atoms with van der Waals surface area (Å²) < 4.78 is 6.40. The van der Waals surface area contributed by atoms with Crippen LogP contribution in [0.1, 0.15) is 5.56 Å². The van der Waals surface area contributed by atoms with Crippen LogP contribution in [-0.4, -0.2) is 12.1 Å². The molecule has 68 valence electrons. The van der Waals surface area contributed by atoms with Crippen LogP contribution in [0.4, 0.5) is 0 Å². The van der Waals surface area contributed by atoms with Gasteiger partial charge < -0.3 is 9.72 Å². The molecule has 3 heteroatoms. The van der Waals surface area contributed by atoms with Crippen LogP contribution in [0.15, 0.2) is 18.2 Å². The number of rotatable bonds is 1. The molecule has 0 bridgehead atoms. The summed E-state index contributed by atoms with van der Waals surface area (Å²) in [6, 6.07) is 6.20. The van der Waals surface area contributed by atoms with Gasteiger partial charge in [-0.2, -0.15) is 0 Å². The Balaban J connectivity index is 2.78. The summed E-state index contributed by atoms with van der Waals surface area (Å²) >= 11 is 2.28. The lowest BCUT2D eigenvalue weighted by Gasteiger charge is -2.04. The molecule has 2 aromatic rings. The second-order valence-electron chi connectivity index (χ2n) is 2.97. The van der Waals surface area contributed by atoms with Gasteiger partial charge in [0.1, 0.15) is 5.75 Å². The summed E-state index contributed by atoms with van der Waals surface area (Å²) in [4.78, 5) is 3.31. The van der Waals surface area contributed by atoms with Gasteiger partial charge in [0.25, 0.3) is 0 Å². The maximum atomic E-state index is 5.24. The molecule has 0 atom stereocenters. The highest BCUT2D eigenvalue weighted by Gasteiger charge is 2.05. The maximum absolute atomic E-state index is 5.24. The second kappa shape index (κ2) is 3.21. The molecule has 0 saturated heterocycles. The van der Waals surface area contributed by atoms with Crippen molar-refractivity contribution in [2.24, 2.45) is 0 Å². The van der Waals surface area contributed by atoms with E-state index in [9.17, 15) is 0 Å². The minimum absolute atomic E-state index is 0.936. The zero-order valence-corrected chi connectivity index (χ0v) is 9.68. The van der Waals surface area contributed by atoms with Gasteiger partial charge in [-0.15, -0.1) is 0 Å². The first kappa shape index (κ1) is 8.87. The molecule has 0 aliphatic rings. The molecule has 0 aliphatic carbocycles. The van der Waals surface area contributed by atoms with E-state index in [1.54, 1.807) is 7.11 Å². The lowest BCUT2D eigenvalue weighted by molar-refractivity contribution is 0.412. The fourth-order valence-corrected chi connectivity index (χ4v) is 2.12. The third-order valence-electron chi connectivity index (χ3n) is 2.19. The highest BCUT2D eigenvalue weighted by molar-refractivity contribution is 14.1. The van der Waals surface area contributed by atoms with E-state index in [0.29, 0.717) is 0 Å². The first-order valence-electron chi connectivity index (χ1n) is 4.04. The summed E-state index contributed by atoms with van der Waals surface area (Å²) in [5.74, 6) is 0.936. The molecule has 13 heavy (non-hydrogen) atoms. The van der Waals surface area contributed by atoms with Gasteiger partial charge in [0.2, 0.25) is 0 Å². The number of benzene rings is 1. The van der Waals surface area contributed by atoms with Gasteiger partial charge in [-0.3, -0.25) is 0 Å². The van der Waals surface area contributed by atoms with Crippen molar-refractivity contribution in [2.45, 2.75) is 6.92 Å². The van der Waals surface area contributed by atoms with E-state index in [2.05, 4.69) is 46.6 Å². The highest BCUT2D eigenvalue weighted by atomic mass is 127. The largest absolute Gasteiger partial charge is 0.496 e. The van der Waals surface area contributed by atoms with Crippen molar-refractivity contribution in [3.63, 3.8) is 0 Å². The van der Waals surface area contributed by atoms with Crippen molar-refractivity contribution in [1.82, 2.24) is 4.98 Å². The number of hydrogen-bond acceptors (Lipinski definition) is 1. The molecule has 0 fully saturated rings. The number of nitrogens with one attached hydrogen (secondary N) is 1. The number of halogens is 1. The maximum Gasteiger partial charge on any atom is 0.123 e. The van der Waals surface area contributed by atoms with E-state index >= 15 is 0 Å². The van der Waals surface area contributed by atoms with E-state index in [-0.39, 0.29) is 0 Å². The number of aromatic amines is 1. The lowest BCUT2D eigenvalue weighted by atomic mass is 10.1. The molecule has 1 N–H and O–H groups in total. The molecule has 0 aliphatic heterocycles. The van der Waals surface area contributed by atoms with Gasteiger partial charge in [0, 0.05) is 10.9 Å². The smallest absolute Gasteiger partial charge is 0.123 e. The number of H-pyrrole nitrogens is 1. The molecule has 1 aromatic heterocycles. The van der Waals surface area contributed by atoms with Gasteiger partial charge in [-0.05, 0) is 47.7 Å². The molecular weight excluding hydrogens is 277 g/mol. The molecule has 1 heterocycles. The monoisotopic (exact) mass is 287 g/mol. The van der Waals surface area contributed by atoms with Crippen molar-refractivity contribution in [1.29, 1.82) is 0 Å². The van der Waals surface area contributed by atoms with Crippen LogP contribution in [-0.2, 0) is 0 Å². The Morgan fingerprint density at radius 1 is 1.38 bits per heavy atom. The summed E-state index contributed by atoms with van der Waals surface area (Å²) in [7, 11) is 1.70. The summed E-state index contributed by atoms with van der Waals surface area (Å²) in [5.41, 5.74) is 2.34. The summed E-state index contributed by atoms with van der Waals surface area (Å²) in [6.45, 7) is 2.06. The SMILES string of the molecule is COc1ccc2cc(I)[nH]c2c1C. The van der Waals surface area contributed by atoms with Crippen LogP contribution >= 0.6 is 22.6 Å². The van der Waals surface area contributed by atoms with Gasteiger partial charge in [-0.1, -0.05) is 0 Å². The Labute approximate surface area is 90.4 Å². The summed E-state index contributed by atoms with van der Waals surface area (Å²) in [5, 5.41) is 1.24. The fraction of sp³-hybridized carbons (Fsp3) is 0.200. The molecule has 0 spiro atoms. The average Bonchev–Trinajstić information content (AvgIpc) is 2.47. The second-order valence-corrected chi connectivity index (χ2v) is 4.14. The number of methoxy groups -OCH3 is 1. The predicted molar refractivity (Wildman–Crippen MR) is 62.3 cm³/mol. The highest BCUT2D eigenvalue weighted by Crippen LogP contribution is 2.27. The van der Waals surface area contributed by atoms with E-state index in [1.165, 1.54) is 16.5 Å². The normalized spacial score (nSPS) is 10.7. The predicted octanol–water partition coefficient (Wildman–Crippen LogP) is 3.09. The lowest BCUT2D eigenvalue weighted by Crippen LogP contribution is -1.87. The topological polar surface area (TPSA) is 25.0 Å². The first-order valence-corrected chi connectivity index (χ1v) is 5.12. The van der Waals surface area contributed by atoms with Crippen LogP contribution in [0, 0.1) is 10.6 Å².